The second kappa shape index (κ2) is 8.84. The fraction of sp³-hybridized carbons (Fsp3) is 0.0625. The first-order valence-corrected chi connectivity index (χ1v) is 12.0. The third-order valence-corrected chi connectivity index (χ3v) is 7.06. The standard InChI is InChI=1S/C32H25Br/c1-3-24(25-13-7-4-8-14-25)21-30-23(2)29-20-19-28(33)22-31(29)32(30,26-15-9-5-10-16-26)27-17-11-6-12-18-27/h3-22H,2H2,1H3. The number of fused-ring (bicyclic) bond motifs is 1. The Bertz CT molecular complexity index is 1320. The van der Waals surface area contributed by atoms with Crippen molar-refractivity contribution in [3.63, 3.8) is 0 Å². The van der Waals surface area contributed by atoms with Crippen LogP contribution >= 0.6 is 15.9 Å². The largest absolute Gasteiger partial charge is 0.0908 e. The third-order valence-electron chi connectivity index (χ3n) is 6.57. The van der Waals surface area contributed by atoms with Crippen LogP contribution in [0.5, 0.6) is 0 Å². The smallest absolute Gasteiger partial charge is 0.0713 e. The predicted molar refractivity (Wildman–Crippen MR) is 144 cm³/mol. The lowest BCUT2D eigenvalue weighted by Gasteiger charge is -2.34. The zero-order valence-electron chi connectivity index (χ0n) is 18.6. The summed E-state index contributed by atoms with van der Waals surface area (Å²) in [5.74, 6) is 0. The maximum atomic E-state index is 4.62. The van der Waals surface area contributed by atoms with Gasteiger partial charge in [-0.05, 0) is 69.7 Å². The average Bonchev–Trinajstić information content (AvgIpc) is 3.11. The van der Waals surface area contributed by atoms with Crippen molar-refractivity contribution < 1.29 is 0 Å². The van der Waals surface area contributed by atoms with Crippen molar-refractivity contribution in [2.45, 2.75) is 12.3 Å². The highest BCUT2D eigenvalue weighted by Gasteiger charge is 2.47. The molecule has 0 heterocycles. The number of rotatable bonds is 4. The Morgan fingerprint density at radius 1 is 0.758 bits per heavy atom. The molecule has 0 amide bonds. The molecule has 0 nitrogen and oxygen atoms in total. The average molecular weight is 489 g/mol. The van der Waals surface area contributed by atoms with E-state index in [1.165, 1.54) is 39.0 Å². The van der Waals surface area contributed by atoms with Crippen LogP contribution in [0, 0.1) is 0 Å². The molecule has 4 aromatic rings. The summed E-state index contributed by atoms with van der Waals surface area (Å²) >= 11 is 3.74. The van der Waals surface area contributed by atoms with E-state index in [2.05, 4.69) is 151 Å². The number of hydrogen-bond donors (Lipinski definition) is 0. The van der Waals surface area contributed by atoms with Crippen molar-refractivity contribution in [2.75, 3.05) is 0 Å². The number of benzene rings is 4. The van der Waals surface area contributed by atoms with Gasteiger partial charge in [0.25, 0.3) is 0 Å². The summed E-state index contributed by atoms with van der Waals surface area (Å²) in [6, 6.07) is 38.8. The lowest BCUT2D eigenvalue weighted by molar-refractivity contribution is 0.769. The van der Waals surface area contributed by atoms with Crippen molar-refractivity contribution in [2.24, 2.45) is 0 Å². The molecular weight excluding hydrogens is 464 g/mol. The topological polar surface area (TPSA) is 0 Å². The highest BCUT2D eigenvalue weighted by atomic mass is 79.9. The van der Waals surface area contributed by atoms with Gasteiger partial charge in [-0.15, -0.1) is 0 Å². The molecule has 33 heavy (non-hydrogen) atoms. The summed E-state index contributed by atoms with van der Waals surface area (Å²) in [5, 5.41) is 0. The Kier molecular flexibility index (Phi) is 5.74. The molecule has 160 valence electrons. The van der Waals surface area contributed by atoms with Crippen LogP contribution in [0.25, 0.3) is 11.1 Å². The highest BCUT2D eigenvalue weighted by molar-refractivity contribution is 9.10. The lowest BCUT2D eigenvalue weighted by atomic mass is 9.67. The van der Waals surface area contributed by atoms with Crippen molar-refractivity contribution in [1.29, 1.82) is 0 Å². The van der Waals surface area contributed by atoms with Crippen LogP contribution in [0.2, 0.25) is 0 Å². The molecule has 0 N–H and O–H groups in total. The first-order valence-electron chi connectivity index (χ1n) is 11.2. The number of hydrogen-bond acceptors (Lipinski definition) is 0. The van der Waals surface area contributed by atoms with Crippen LogP contribution in [-0.2, 0) is 5.41 Å². The minimum atomic E-state index is -0.457. The Morgan fingerprint density at radius 3 is 1.85 bits per heavy atom. The van der Waals surface area contributed by atoms with Gasteiger partial charge in [-0.2, -0.15) is 0 Å². The molecule has 0 radical (unpaired) electrons. The Balaban J connectivity index is 1.89. The molecule has 0 bridgehead atoms. The summed E-state index contributed by atoms with van der Waals surface area (Å²) in [6.07, 6.45) is 4.53. The maximum absolute atomic E-state index is 4.62. The van der Waals surface area contributed by atoms with Gasteiger partial charge < -0.3 is 0 Å². The Morgan fingerprint density at radius 2 is 1.30 bits per heavy atom. The summed E-state index contributed by atoms with van der Waals surface area (Å²) in [5.41, 5.74) is 9.15. The fourth-order valence-corrected chi connectivity index (χ4v) is 5.45. The van der Waals surface area contributed by atoms with E-state index in [-0.39, 0.29) is 0 Å². The van der Waals surface area contributed by atoms with Crippen LogP contribution in [0.15, 0.2) is 138 Å². The van der Waals surface area contributed by atoms with Crippen LogP contribution < -0.4 is 0 Å². The van der Waals surface area contributed by atoms with Crippen LogP contribution in [0.1, 0.15) is 34.7 Å². The molecule has 0 saturated carbocycles. The van der Waals surface area contributed by atoms with Crippen molar-refractivity contribution in [1.82, 2.24) is 0 Å². The molecule has 0 aliphatic heterocycles. The second-order valence-electron chi connectivity index (χ2n) is 8.32. The van der Waals surface area contributed by atoms with Crippen molar-refractivity contribution in [3.8, 4) is 0 Å². The summed E-state index contributed by atoms with van der Waals surface area (Å²) in [7, 11) is 0. The molecule has 0 spiro atoms. The number of halogens is 1. The molecule has 0 fully saturated rings. The first kappa shape index (κ1) is 21.4. The van der Waals surface area contributed by atoms with Crippen molar-refractivity contribution in [3.05, 3.63) is 166 Å². The van der Waals surface area contributed by atoms with Crippen LogP contribution in [0.4, 0.5) is 0 Å². The van der Waals surface area contributed by atoms with E-state index in [9.17, 15) is 0 Å². The highest BCUT2D eigenvalue weighted by Crippen LogP contribution is 2.57. The zero-order valence-corrected chi connectivity index (χ0v) is 20.2. The molecule has 1 aliphatic rings. The Labute approximate surface area is 204 Å². The molecular formula is C32H25Br. The van der Waals surface area contributed by atoms with Crippen LogP contribution in [0.3, 0.4) is 0 Å². The van der Waals surface area contributed by atoms with Gasteiger partial charge in [-0.25, -0.2) is 0 Å². The molecule has 0 saturated heterocycles. The quantitative estimate of drug-likeness (QED) is 0.269. The minimum absolute atomic E-state index is 0.457. The van der Waals surface area contributed by atoms with Gasteiger partial charge in [0.05, 0.1) is 5.41 Å². The monoisotopic (exact) mass is 488 g/mol. The molecule has 0 unspecified atom stereocenters. The van der Waals surface area contributed by atoms with Gasteiger partial charge in [0, 0.05) is 4.47 Å². The molecule has 1 aliphatic carbocycles. The SMILES string of the molecule is C=C1C(=CC(=CC)c2ccccc2)C(c2ccccc2)(c2ccccc2)c2cc(Br)ccc21. The van der Waals surface area contributed by atoms with E-state index < -0.39 is 5.41 Å². The zero-order chi connectivity index (χ0) is 22.8. The maximum Gasteiger partial charge on any atom is 0.0713 e. The fourth-order valence-electron chi connectivity index (χ4n) is 5.09. The molecule has 0 aromatic heterocycles. The van der Waals surface area contributed by atoms with Crippen LogP contribution in [-0.4, -0.2) is 0 Å². The van der Waals surface area contributed by atoms with Gasteiger partial charge in [0.15, 0.2) is 0 Å². The van der Waals surface area contributed by atoms with Crippen molar-refractivity contribution >= 4 is 27.1 Å². The molecule has 5 rings (SSSR count). The van der Waals surface area contributed by atoms with E-state index >= 15 is 0 Å². The van der Waals surface area contributed by atoms with E-state index in [0.29, 0.717) is 0 Å². The van der Waals surface area contributed by atoms with Gasteiger partial charge in [-0.3, -0.25) is 0 Å². The Hall–Kier alpha value is -3.42. The number of allylic oxidation sites excluding steroid dienone is 5. The lowest BCUT2D eigenvalue weighted by Crippen LogP contribution is -2.28. The van der Waals surface area contributed by atoms with Gasteiger partial charge in [0.2, 0.25) is 0 Å². The third kappa shape index (κ3) is 3.53. The summed E-state index contributed by atoms with van der Waals surface area (Å²) < 4.78 is 1.07. The summed E-state index contributed by atoms with van der Waals surface area (Å²) in [4.78, 5) is 0. The molecule has 4 aromatic carbocycles. The second-order valence-corrected chi connectivity index (χ2v) is 9.23. The van der Waals surface area contributed by atoms with E-state index in [0.717, 1.165) is 10.0 Å². The van der Waals surface area contributed by atoms with Gasteiger partial charge in [-0.1, -0.05) is 126 Å². The minimum Gasteiger partial charge on any atom is -0.0908 e. The van der Waals surface area contributed by atoms with Gasteiger partial charge in [0.1, 0.15) is 0 Å². The summed E-state index contributed by atoms with van der Waals surface area (Å²) in [6.45, 7) is 6.73. The van der Waals surface area contributed by atoms with E-state index in [1.54, 1.807) is 0 Å². The van der Waals surface area contributed by atoms with E-state index in [1.807, 2.05) is 0 Å². The van der Waals surface area contributed by atoms with E-state index in [4.69, 9.17) is 0 Å². The molecule has 1 heteroatoms. The normalized spacial score (nSPS) is 16.1. The first-order chi connectivity index (χ1) is 16.2. The molecule has 0 atom stereocenters. The predicted octanol–water partition coefficient (Wildman–Crippen LogP) is 8.84. The van der Waals surface area contributed by atoms with Gasteiger partial charge >= 0.3 is 0 Å².